The maximum Gasteiger partial charge on any atom is 0.335 e. The van der Waals surface area contributed by atoms with Crippen LogP contribution >= 0.6 is 0 Å². The fourth-order valence-electron chi connectivity index (χ4n) is 2.70. The van der Waals surface area contributed by atoms with E-state index in [0.29, 0.717) is 0 Å². The summed E-state index contributed by atoms with van der Waals surface area (Å²) in [6.07, 6.45) is 0. The molecule has 0 rings (SSSR count). The van der Waals surface area contributed by atoms with Crippen LogP contribution in [-0.2, 0) is 8.85 Å². The Labute approximate surface area is 110 Å². The van der Waals surface area contributed by atoms with Crippen molar-refractivity contribution in [3.63, 3.8) is 0 Å². The van der Waals surface area contributed by atoms with Crippen LogP contribution in [0.15, 0.2) is 0 Å². The highest BCUT2D eigenvalue weighted by molar-refractivity contribution is 6.92. The topological polar surface area (TPSA) is 18.5 Å². The van der Waals surface area contributed by atoms with Crippen LogP contribution in [0.25, 0.3) is 0 Å². The Morgan fingerprint density at radius 3 is 1.29 bits per heavy atom. The van der Waals surface area contributed by atoms with Crippen LogP contribution in [0.2, 0.25) is 29.8 Å². The average Bonchev–Trinajstić information content (AvgIpc) is 2.36. The van der Waals surface area contributed by atoms with Gasteiger partial charge in [0.25, 0.3) is 0 Å². The highest BCUT2D eigenvalue weighted by Gasteiger charge is 2.43. The van der Waals surface area contributed by atoms with Crippen LogP contribution in [0.1, 0.15) is 41.5 Å². The van der Waals surface area contributed by atoms with Gasteiger partial charge in [-0.25, -0.2) is 0 Å². The predicted molar refractivity (Wildman–Crippen MR) is 81.5 cm³/mol. The van der Waals surface area contributed by atoms with Gasteiger partial charge < -0.3 is 8.85 Å². The Morgan fingerprint density at radius 2 is 1.06 bits per heavy atom. The molecule has 0 aromatic carbocycles. The van der Waals surface area contributed by atoms with Crippen LogP contribution in [0.5, 0.6) is 0 Å². The zero-order chi connectivity index (χ0) is 13.4. The first-order valence-electron chi connectivity index (χ1n) is 7.35. The summed E-state index contributed by atoms with van der Waals surface area (Å²) < 4.78 is 12.3. The minimum absolute atomic E-state index is 0.807. The van der Waals surface area contributed by atoms with Crippen molar-refractivity contribution in [2.45, 2.75) is 71.4 Å². The summed E-state index contributed by atoms with van der Waals surface area (Å²) in [6.45, 7) is 15.2. The van der Waals surface area contributed by atoms with Crippen LogP contribution in [0, 0.1) is 0 Å². The molecule has 0 saturated heterocycles. The Balaban J connectivity index is 4.91. The summed E-state index contributed by atoms with van der Waals surface area (Å²) >= 11 is 0. The highest BCUT2D eigenvalue weighted by Crippen LogP contribution is 2.33. The molecule has 4 heteroatoms. The lowest BCUT2D eigenvalue weighted by molar-refractivity contribution is 0.187. The summed E-state index contributed by atoms with van der Waals surface area (Å²) in [4.78, 5) is 0. The van der Waals surface area contributed by atoms with Crippen molar-refractivity contribution >= 4 is 16.6 Å². The van der Waals surface area contributed by atoms with E-state index in [-0.39, 0.29) is 0 Å². The summed E-state index contributed by atoms with van der Waals surface area (Å²) in [5.74, 6) is 0. The molecule has 2 nitrogen and oxygen atoms in total. The molecule has 0 fully saturated rings. The third-order valence-corrected chi connectivity index (χ3v) is 16.6. The summed E-state index contributed by atoms with van der Waals surface area (Å²) in [5, 5.41) is 0. The van der Waals surface area contributed by atoms with E-state index in [1.807, 2.05) is 0 Å². The Kier molecular flexibility index (Phi) is 8.63. The number of hydrogen-bond donors (Lipinski definition) is 0. The first-order chi connectivity index (χ1) is 8.07. The second-order valence-corrected chi connectivity index (χ2v) is 14.5. The molecule has 0 N–H and O–H groups in total. The van der Waals surface area contributed by atoms with Gasteiger partial charge in [-0.1, -0.05) is 45.8 Å². The molecule has 0 aliphatic carbocycles. The van der Waals surface area contributed by atoms with E-state index in [2.05, 4.69) is 41.5 Å². The van der Waals surface area contributed by atoms with Gasteiger partial charge in [-0.15, -0.1) is 0 Å². The standard InChI is InChI=1S/C13H32O2Si2/c1-7-14-17(12-6,15-8-2)13-16(9-3,10-4)11-5/h7-13H2,1-6H3. The molecule has 0 radical (unpaired) electrons. The van der Waals surface area contributed by atoms with Crippen molar-refractivity contribution in [2.24, 2.45) is 0 Å². The molecular weight excluding hydrogens is 244 g/mol. The largest absolute Gasteiger partial charge is 0.395 e. The smallest absolute Gasteiger partial charge is 0.335 e. The third-order valence-electron chi connectivity index (χ3n) is 4.25. The Morgan fingerprint density at radius 1 is 0.647 bits per heavy atom. The zero-order valence-corrected chi connectivity index (χ0v) is 14.8. The van der Waals surface area contributed by atoms with Crippen molar-refractivity contribution in [2.75, 3.05) is 13.2 Å². The van der Waals surface area contributed by atoms with Crippen LogP contribution < -0.4 is 0 Å². The molecule has 0 aromatic heterocycles. The van der Waals surface area contributed by atoms with E-state index in [0.717, 1.165) is 19.3 Å². The van der Waals surface area contributed by atoms with Gasteiger partial charge in [0.05, 0.1) is 8.07 Å². The normalized spacial score (nSPS) is 13.1. The third kappa shape index (κ3) is 4.85. The van der Waals surface area contributed by atoms with Gasteiger partial charge in [0.2, 0.25) is 0 Å². The molecule has 0 heterocycles. The van der Waals surface area contributed by atoms with Gasteiger partial charge in [0.15, 0.2) is 0 Å². The monoisotopic (exact) mass is 276 g/mol. The van der Waals surface area contributed by atoms with Gasteiger partial charge in [0.1, 0.15) is 0 Å². The molecule has 0 spiro atoms. The quantitative estimate of drug-likeness (QED) is 0.544. The van der Waals surface area contributed by atoms with E-state index >= 15 is 0 Å². The van der Waals surface area contributed by atoms with Crippen LogP contribution in [0.3, 0.4) is 0 Å². The van der Waals surface area contributed by atoms with E-state index in [9.17, 15) is 0 Å². The highest BCUT2D eigenvalue weighted by atomic mass is 28.4. The fourth-order valence-corrected chi connectivity index (χ4v) is 15.1. The van der Waals surface area contributed by atoms with E-state index in [1.54, 1.807) is 0 Å². The molecular formula is C13H32O2Si2. The Hall–Kier alpha value is 0.354. The van der Waals surface area contributed by atoms with Crippen molar-refractivity contribution < 1.29 is 8.85 Å². The Bertz CT molecular complexity index is 180. The van der Waals surface area contributed by atoms with Gasteiger partial charge in [0, 0.05) is 13.2 Å². The average molecular weight is 277 g/mol. The lowest BCUT2D eigenvalue weighted by atomic mass is 10.9. The molecule has 0 bridgehead atoms. The summed E-state index contributed by atoms with van der Waals surface area (Å²) in [7, 11) is -3.04. The molecule has 104 valence electrons. The predicted octanol–water partition coefficient (Wildman–Crippen LogP) is 4.57. The van der Waals surface area contributed by atoms with Crippen molar-refractivity contribution in [3.8, 4) is 0 Å². The molecule has 0 atom stereocenters. The number of rotatable bonds is 10. The van der Waals surface area contributed by atoms with Gasteiger partial charge in [-0.2, -0.15) is 0 Å². The summed E-state index contributed by atoms with van der Waals surface area (Å²) in [6, 6.07) is 5.21. The molecule has 17 heavy (non-hydrogen) atoms. The van der Waals surface area contributed by atoms with Crippen molar-refractivity contribution in [3.05, 3.63) is 0 Å². The molecule has 0 amide bonds. The first-order valence-corrected chi connectivity index (χ1v) is 12.4. The van der Waals surface area contributed by atoms with Crippen LogP contribution in [0.4, 0.5) is 0 Å². The number of hydrogen-bond acceptors (Lipinski definition) is 2. The molecule has 0 aromatic rings. The van der Waals surface area contributed by atoms with Gasteiger partial charge >= 0.3 is 8.56 Å². The van der Waals surface area contributed by atoms with Crippen molar-refractivity contribution in [1.29, 1.82) is 0 Å². The lowest BCUT2D eigenvalue weighted by Gasteiger charge is -2.38. The molecule has 0 saturated carbocycles. The van der Waals surface area contributed by atoms with E-state index < -0.39 is 16.6 Å². The molecule has 0 aliphatic heterocycles. The van der Waals surface area contributed by atoms with E-state index in [4.69, 9.17) is 8.85 Å². The van der Waals surface area contributed by atoms with E-state index in [1.165, 1.54) is 23.8 Å². The van der Waals surface area contributed by atoms with Gasteiger partial charge in [-0.3, -0.25) is 0 Å². The first kappa shape index (κ1) is 17.4. The summed E-state index contributed by atoms with van der Waals surface area (Å²) in [5.41, 5.74) is 1.29. The van der Waals surface area contributed by atoms with Gasteiger partial charge in [-0.05, 0) is 25.6 Å². The fraction of sp³-hybridized carbons (Fsp3) is 1.00. The molecule has 0 unspecified atom stereocenters. The molecule has 0 aliphatic rings. The lowest BCUT2D eigenvalue weighted by Crippen LogP contribution is -2.50. The maximum absolute atomic E-state index is 6.13. The maximum atomic E-state index is 6.13. The minimum atomic E-state index is -1.91. The second kappa shape index (κ2) is 8.45. The second-order valence-electron chi connectivity index (χ2n) is 4.87. The van der Waals surface area contributed by atoms with Crippen LogP contribution in [-0.4, -0.2) is 29.8 Å². The van der Waals surface area contributed by atoms with Crippen molar-refractivity contribution in [1.82, 2.24) is 0 Å². The zero-order valence-electron chi connectivity index (χ0n) is 12.8. The SMILES string of the molecule is CCO[Si](CC)(C[Si](CC)(CC)CC)OCC. The minimum Gasteiger partial charge on any atom is -0.395 e.